The Balaban J connectivity index is 3.49. The molecule has 0 saturated heterocycles. The molecule has 1 rings (SSSR count). The molecule has 0 saturated carbocycles. The van der Waals surface area contributed by atoms with Gasteiger partial charge in [-0.3, -0.25) is 14.9 Å². The quantitative estimate of drug-likeness (QED) is 0.607. The minimum absolute atomic E-state index is 0.0260. The molecule has 0 fully saturated rings. The molecule has 1 aromatic rings. The van der Waals surface area contributed by atoms with Crippen LogP contribution in [-0.2, 0) is 0 Å². The number of nitro groups is 1. The number of H-pyrrole nitrogens is 1. The molecule has 0 amide bonds. The molecule has 76 valence electrons. The van der Waals surface area contributed by atoms with Crippen LogP contribution in [0.2, 0.25) is 5.02 Å². The third-order valence-corrected chi connectivity index (χ3v) is 2.24. The first-order chi connectivity index (χ1) is 6.45. The van der Waals surface area contributed by atoms with E-state index < -0.39 is 16.2 Å². The van der Waals surface area contributed by atoms with Gasteiger partial charge in [0, 0.05) is 6.20 Å². The Hall–Kier alpha value is -1.36. The smallest absolute Gasteiger partial charge is 0.323 e. The number of rotatable bonds is 2. The molecule has 0 aliphatic rings. The number of pyridine rings is 1. The second-order valence-electron chi connectivity index (χ2n) is 3.15. The average Bonchev–Trinajstić information content (AvgIpc) is 2.02. The SMILES string of the molecule is CC(C)c1c[nH]c(=O)c([N+](=O)[O-])c1Cl. The highest BCUT2D eigenvalue weighted by molar-refractivity contribution is 6.33. The minimum atomic E-state index is -0.774. The van der Waals surface area contributed by atoms with Crippen LogP contribution in [-0.4, -0.2) is 9.91 Å². The number of hydrogen-bond acceptors (Lipinski definition) is 3. The van der Waals surface area contributed by atoms with Gasteiger partial charge >= 0.3 is 11.2 Å². The molecule has 0 aromatic carbocycles. The van der Waals surface area contributed by atoms with Crippen LogP contribution in [0.1, 0.15) is 25.3 Å². The molecule has 14 heavy (non-hydrogen) atoms. The lowest BCUT2D eigenvalue weighted by Gasteiger charge is -2.06. The number of aromatic nitrogens is 1. The van der Waals surface area contributed by atoms with Crippen molar-refractivity contribution in [2.24, 2.45) is 0 Å². The zero-order chi connectivity index (χ0) is 10.9. The maximum absolute atomic E-state index is 11.1. The molecule has 0 radical (unpaired) electrons. The van der Waals surface area contributed by atoms with E-state index >= 15 is 0 Å². The van der Waals surface area contributed by atoms with Gasteiger partial charge in [-0.25, -0.2) is 0 Å². The molecule has 0 bridgehead atoms. The Labute approximate surface area is 84.9 Å². The number of hydrogen-bond donors (Lipinski definition) is 1. The van der Waals surface area contributed by atoms with E-state index in [-0.39, 0.29) is 10.9 Å². The summed E-state index contributed by atoms with van der Waals surface area (Å²) in [6, 6.07) is 0. The van der Waals surface area contributed by atoms with Crippen molar-refractivity contribution in [1.82, 2.24) is 4.98 Å². The summed E-state index contributed by atoms with van der Waals surface area (Å²) >= 11 is 5.74. The molecule has 1 heterocycles. The molecule has 0 aliphatic heterocycles. The Morgan fingerprint density at radius 2 is 2.14 bits per heavy atom. The van der Waals surface area contributed by atoms with E-state index in [1.54, 1.807) is 0 Å². The first-order valence-electron chi connectivity index (χ1n) is 4.00. The van der Waals surface area contributed by atoms with Crippen molar-refractivity contribution in [1.29, 1.82) is 0 Å². The summed E-state index contributed by atoms with van der Waals surface area (Å²) in [7, 11) is 0. The Morgan fingerprint density at radius 3 is 2.57 bits per heavy atom. The van der Waals surface area contributed by atoms with Crippen LogP contribution >= 0.6 is 11.6 Å². The van der Waals surface area contributed by atoms with Crippen LogP contribution in [0, 0.1) is 10.1 Å². The van der Waals surface area contributed by atoms with Crippen LogP contribution in [0.15, 0.2) is 11.0 Å². The molecule has 1 aromatic heterocycles. The topological polar surface area (TPSA) is 76.0 Å². The van der Waals surface area contributed by atoms with Crippen molar-refractivity contribution >= 4 is 17.3 Å². The van der Waals surface area contributed by atoms with Crippen LogP contribution in [0.4, 0.5) is 5.69 Å². The third-order valence-electron chi connectivity index (χ3n) is 1.84. The van der Waals surface area contributed by atoms with E-state index in [1.807, 2.05) is 13.8 Å². The summed E-state index contributed by atoms with van der Waals surface area (Å²) in [6.45, 7) is 3.67. The number of nitrogens with one attached hydrogen (secondary N) is 1. The van der Waals surface area contributed by atoms with Gasteiger partial charge in [-0.05, 0) is 11.5 Å². The van der Waals surface area contributed by atoms with Gasteiger partial charge in [-0.15, -0.1) is 0 Å². The van der Waals surface area contributed by atoms with Crippen molar-refractivity contribution in [2.75, 3.05) is 0 Å². The van der Waals surface area contributed by atoms with E-state index in [9.17, 15) is 14.9 Å². The van der Waals surface area contributed by atoms with Gasteiger partial charge in [0.05, 0.1) is 4.92 Å². The zero-order valence-corrected chi connectivity index (χ0v) is 8.46. The first-order valence-corrected chi connectivity index (χ1v) is 4.38. The molecular weight excluding hydrogens is 208 g/mol. The van der Waals surface area contributed by atoms with Crippen molar-refractivity contribution in [2.45, 2.75) is 19.8 Å². The van der Waals surface area contributed by atoms with E-state index in [0.717, 1.165) is 0 Å². The Bertz CT molecular complexity index is 425. The van der Waals surface area contributed by atoms with Crippen LogP contribution in [0.3, 0.4) is 0 Å². The Kier molecular flexibility index (Phi) is 2.90. The highest BCUT2D eigenvalue weighted by Gasteiger charge is 2.22. The minimum Gasteiger partial charge on any atom is -0.323 e. The highest BCUT2D eigenvalue weighted by atomic mass is 35.5. The molecular formula is C8H9ClN2O3. The van der Waals surface area contributed by atoms with Crippen LogP contribution in [0.25, 0.3) is 0 Å². The Morgan fingerprint density at radius 1 is 1.57 bits per heavy atom. The molecule has 1 N–H and O–H groups in total. The fourth-order valence-electron chi connectivity index (χ4n) is 1.09. The summed E-state index contributed by atoms with van der Waals surface area (Å²) in [5.41, 5.74) is -0.791. The third kappa shape index (κ3) is 1.77. The van der Waals surface area contributed by atoms with Crippen molar-refractivity contribution in [3.63, 3.8) is 0 Å². The lowest BCUT2D eigenvalue weighted by molar-refractivity contribution is -0.386. The monoisotopic (exact) mass is 216 g/mol. The van der Waals surface area contributed by atoms with Crippen LogP contribution < -0.4 is 5.56 Å². The van der Waals surface area contributed by atoms with E-state index in [0.29, 0.717) is 5.56 Å². The summed E-state index contributed by atoms with van der Waals surface area (Å²) in [4.78, 5) is 23.1. The van der Waals surface area contributed by atoms with Crippen molar-refractivity contribution in [3.8, 4) is 0 Å². The van der Waals surface area contributed by atoms with Gasteiger partial charge in [0.15, 0.2) is 0 Å². The van der Waals surface area contributed by atoms with Crippen molar-refractivity contribution in [3.05, 3.63) is 37.3 Å². The van der Waals surface area contributed by atoms with Crippen molar-refractivity contribution < 1.29 is 4.92 Å². The molecule has 0 atom stereocenters. The molecule has 6 heteroatoms. The van der Waals surface area contributed by atoms with Gasteiger partial charge in [-0.1, -0.05) is 25.4 Å². The molecule has 5 nitrogen and oxygen atoms in total. The number of nitrogens with zero attached hydrogens (tertiary/aromatic N) is 1. The number of aromatic amines is 1. The van der Waals surface area contributed by atoms with Gasteiger partial charge in [0.1, 0.15) is 5.02 Å². The fourth-order valence-corrected chi connectivity index (χ4v) is 1.52. The van der Waals surface area contributed by atoms with Gasteiger partial charge in [0.25, 0.3) is 0 Å². The van der Waals surface area contributed by atoms with Crippen LogP contribution in [0.5, 0.6) is 0 Å². The van der Waals surface area contributed by atoms with Gasteiger partial charge in [0.2, 0.25) is 0 Å². The number of halogens is 1. The summed E-state index contributed by atoms with van der Waals surface area (Å²) < 4.78 is 0. The standard InChI is InChI=1S/C8H9ClN2O3/c1-4(2)5-3-10-8(12)7(6(5)9)11(13)14/h3-4H,1-2H3,(H,10,12). The maximum atomic E-state index is 11.1. The normalized spacial score (nSPS) is 10.6. The highest BCUT2D eigenvalue weighted by Crippen LogP contribution is 2.28. The summed E-state index contributed by atoms with van der Waals surface area (Å²) in [6.07, 6.45) is 1.41. The van der Waals surface area contributed by atoms with E-state index in [1.165, 1.54) is 6.20 Å². The second-order valence-corrected chi connectivity index (χ2v) is 3.53. The molecule has 0 spiro atoms. The second kappa shape index (κ2) is 3.79. The predicted octanol–water partition coefficient (Wildman–Crippen LogP) is 2.06. The maximum Gasteiger partial charge on any atom is 0.352 e. The first kappa shape index (κ1) is 10.7. The lowest BCUT2D eigenvalue weighted by Crippen LogP contribution is -2.13. The van der Waals surface area contributed by atoms with E-state index in [2.05, 4.69) is 4.98 Å². The molecule has 0 aliphatic carbocycles. The molecule has 0 unspecified atom stereocenters. The summed E-state index contributed by atoms with van der Waals surface area (Å²) in [5, 5.41) is 10.4. The van der Waals surface area contributed by atoms with Gasteiger partial charge in [-0.2, -0.15) is 0 Å². The van der Waals surface area contributed by atoms with Gasteiger partial charge < -0.3 is 4.98 Å². The predicted molar refractivity (Wildman–Crippen MR) is 52.8 cm³/mol. The summed E-state index contributed by atoms with van der Waals surface area (Å²) in [5.74, 6) is 0.0260. The zero-order valence-electron chi connectivity index (χ0n) is 7.70. The lowest BCUT2D eigenvalue weighted by atomic mass is 10.1. The largest absolute Gasteiger partial charge is 0.352 e. The van der Waals surface area contributed by atoms with E-state index in [4.69, 9.17) is 11.6 Å². The fraction of sp³-hybridized carbons (Fsp3) is 0.375. The average molecular weight is 217 g/mol.